The summed E-state index contributed by atoms with van der Waals surface area (Å²) in [6, 6.07) is 4.77. The maximum atomic E-state index is 12.7. The Hall–Kier alpha value is -1.73. The Balaban J connectivity index is 0.00000277. The van der Waals surface area contributed by atoms with E-state index in [2.05, 4.69) is 0 Å². The zero-order valence-electron chi connectivity index (χ0n) is 15.5. The van der Waals surface area contributed by atoms with Gasteiger partial charge < -0.3 is 4.79 Å². The normalized spacial score (nSPS) is 11.3. The lowest BCUT2D eigenvalue weighted by molar-refractivity contribution is -0.131. The molecule has 7 heteroatoms. The molecule has 1 unspecified atom stereocenters. The maximum absolute atomic E-state index is 12.7. The van der Waals surface area contributed by atoms with Crippen molar-refractivity contribution in [3.8, 4) is 0 Å². The Morgan fingerprint density at radius 1 is 1.28 bits per heavy atom. The first kappa shape index (κ1) is 23.3. The van der Waals surface area contributed by atoms with Gasteiger partial charge in [0.1, 0.15) is 12.6 Å². The summed E-state index contributed by atoms with van der Waals surface area (Å²) in [5.74, 6) is -0.414. The number of amides is 1. The van der Waals surface area contributed by atoms with Gasteiger partial charge in [-0.2, -0.15) is 0 Å². The van der Waals surface area contributed by atoms with E-state index >= 15 is 0 Å². The molecule has 1 rings (SSSR count). The molecule has 0 fully saturated rings. The smallest absolute Gasteiger partial charge is 0.251 e. The molecule has 0 saturated carbocycles. The van der Waals surface area contributed by atoms with Gasteiger partial charge in [0.25, 0.3) is 5.91 Å². The van der Waals surface area contributed by atoms with Crippen molar-refractivity contribution >= 4 is 30.8 Å². The molecule has 0 aliphatic heterocycles. The Kier molecular flexibility index (Phi) is 11.7. The van der Waals surface area contributed by atoms with Gasteiger partial charge in [0.05, 0.1) is 6.04 Å². The number of likely N-dealkylation sites (N-methyl/N-ethyl adjacent to an activating group) is 2. The summed E-state index contributed by atoms with van der Waals surface area (Å²) in [5, 5.41) is 0. The highest BCUT2D eigenvalue weighted by Crippen LogP contribution is 2.20. The number of halogens is 1. The van der Waals surface area contributed by atoms with Crippen molar-refractivity contribution in [2.45, 2.75) is 46.2 Å². The lowest BCUT2D eigenvalue weighted by Crippen LogP contribution is -2.43. The highest BCUT2D eigenvalue weighted by atomic mass is 32.2. The van der Waals surface area contributed by atoms with Gasteiger partial charge in [-0.15, -0.1) is 3.89 Å². The average Bonchev–Trinajstić information content (AvgIpc) is 2.64. The summed E-state index contributed by atoms with van der Waals surface area (Å²) in [7, 11) is 3.07. The van der Waals surface area contributed by atoms with E-state index in [0.717, 1.165) is 28.0 Å². The molecule has 1 aromatic rings. The van der Waals surface area contributed by atoms with Gasteiger partial charge >= 0.3 is 0 Å². The van der Waals surface area contributed by atoms with Crippen LogP contribution in [0, 0.1) is 6.92 Å². The van der Waals surface area contributed by atoms with E-state index in [-0.39, 0.29) is 18.8 Å². The zero-order valence-corrected chi connectivity index (χ0v) is 16.3. The standard InChI is InChI=1S/C16H21FN2O3S.C2H6/c1-12-6-4-7-13(11-21)14(12)10-18(2)15(8-5-9-20)16(22)19(3)23-17;1-2/h4,6-7,9,11,15H,5,8,10H2,1-3H3;1-2H3. The third kappa shape index (κ3) is 6.96. The van der Waals surface area contributed by atoms with Crippen LogP contribution in [0.15, 0.2) is 18.2 Å². The Morgan fingerprint density at radius 3 is 2.44 bits per heavy atom. The largest absolute Gasteiger partial charge is 0.303 e. The number of carbonyl (C=O) groups is 3. The Morgan fingerprint density at radius 2 is 1.92 bits per heavy atom. The van der Waals surface area contributed by atoms with Crippen molar-refractivity contribution in [2.24, 2.45) is 0 Å². The van der Waals surface area contributed by atoms with Gasteiger partial charge in [0, 0.05) is 25.6 Å². The van der Waals surface area contributed by atoms with E-state index in [4.69, 9.17) is 0 Å². The molecule has 1 amide bonds. The molecular weight excluding hydrogens is 343 g/mol. The van der Waals surface area contributed by atoms with Crippen LogP contribution in [0.4, 0.5) is 3.89 Å². The van der Waals surface area contributed by atoms with Crippen molar-refractivity contribution in [3.63, 3.8) is 0 Å². The van der Waals surface area contributed by atoms with E-state index in [0.29, 0.717) is 18.5 Å². The molecule has 1 atom stereocenters. The van der Waals surface area contributed by atoms with Gasteiger partial charge in [-0.25, -0.2) is 0 Å². The van der Waals surface area contributed by atoms with Crippen LogP contribution in [-0.2, 0) is 16.1 Å². The molecule has 1 aromatic carbocycles. The zero-order chi connectivity index (χ0) is 19.4. The number of rotatable bonds is 9. The number of hydrogen-bond acceptors (Lipinski definition) is 5. The minimum Gasteiger partial charge on any atom is -0.303 e. The van der Waals surface area contributed by atoms with Crippen LogP contribution in [0.2, 0.25) is 0 Å². The van der Waals surface area contributed by atoms with Crippen LogP contribution >= 0.6 is 12.3 Å². The summed E-state index contributed by atoms with van der Waals surface area (Å²) < 4.78 is 13.6. The Bertz CT molecular complexity index is 569. The summed E-state index contributed by atoms with van der Waals surface area (Å²) in [5.41, 5.74) is 2.33. The average molecular weight is 370 g/mol. The van der Waals surface area contributed by atoms with Crippen LogP contribution in [0.3, 0.4) is 0 Å². The predicted molar refractivity (Wildman–Crippen MR) is 99.9 cm³/mol. The fourth-order valence-electron chi connectivity index (χ4n) is 2.41. The molecule has 25 heavy (non-hydrogen) atoms. The number of benzene rings is 1. The van der Waals surface area contributed by atoms with E-state index in [9.17, 15) is 18.3 Å². The quantitative estimate of drug-likeness (QED) is 0.491. The van der Waals surface area contributed by atoms with Crippen LogP contribution in [0.1, 0.15) is 48.2 Å². The highest BCUT2D eigenvalue weighted by molar-refractivity contribution is 7.92. The predicted octanol–water partition coefficient (Wildman–Crippen LogP) is 3.60. The van der Waals surface area contributed by atoms with E-state index in [1.807, 2.05) is 26.8 Å². The third-order valence-corrected chi connectivity index (χ3v) is 4.16. The molecular formula is C18H27FN2O3S. The lowest BCUT2D eigenvalue weighted by Gasteiger charge is -2.29. The first-order valence-electron chi connectivity index (χ1n) is 8.20. The number of aldehydes is 2. The van der Waals surface area contributed by atoms with Gasteiger partial charge in [-0.1, -0.05) is 32.0 Å². The second-order valence-corrected chi connectivity index (χ2v) is 6.03. The second kappa shape index (κ2) is 12.6. The van der Waals surface area contributed by atoms with Crippen LogP contribution < -0.4 is 0 Å². The Labute approximate surface area is 154 Å². The lowest BCUT2D eigenvalue weighted by atomic mass is 10.0. The number of carbonyl (C=O) groups excluding carboxylic acids is 3. The summed E-state index contributed by atoms with van der Waals surface area (Å²) in [6.45, 7) is 6.25. The summed E-state index contributed by atoms with van der Waals surface area (Å²) in [4.78, 5) is 35.9. The van der Waals surface area contributed by atoms with Crippen molar-refractivity contribution in [2.75, 3.05) is 14.1 Å². The first-order valence-corrected chi connectivity index (χ1v) is 8.87. The van der Waals surface area contributed by atoms with Crippen molar-refractivity contribution in [3.05, 3.63) is 34.9 Å². The highest BCUT2D eigenvalue weighted by Gasteiger charge is 2.27. The second-order valence-electron chi connectivity index (χ2n) is 5.34. The van der Waals surface area contributed by atoms with Gasteiger partial charge in [0.2, 0.25) is 0 Å². The van der Waals surface area contributed by atoms with E-state index in [1.165, 1.54) is 7.05 Å². The molecule has 0 spiro atoms. The topological polar surface area (TPSA) is 57.7 Å². The molecule has 0 N–H and O–H groups in total. The van der Waals surface area contributed by atoms with Crippen molar-refractivity contribution in [1.82, 2.24) is 9.21 Å². The van der Waals surface area contributed by atoms with Crippen LogP contribution in [-0.4, -0.2) is 47.8 Å². The van der Waals surface area contributed by atoms with Crippen LogP contribution in [0.5, 0.6) is 0 Å². The SMILES string of the molecule is CC.Cc1cccc(C=O)c1CN(C)C(CCC=O)C(=O)N(C)SF. The molecule has 0 aliphatic rings. The van der Waals surface area contributed by atoms with Gasteiger partial charge in [0.15, 0.2) is 12.3 Å². The molecule has 140 valence electrons. The molecule has 5 nitrogen and oxygen atoms in total. The molecule has 0 aromatic heterocycles. The van der Waals surface area contributed by atoms with Gasteiger partial charge in [-0.05, 0) is 31.5 Å². The minimum absolute atomic E-state index is 0.158. The first-order chi connectivity index (χ1) is 12.0. The molecule has 0 saturated heterocycles. The molecule has 0 radical (unpaired) electrons. The fourth-order valence-corrected chi connectivity index (χ4v) is 2.60. The van der Waals surface area contributed by atoms with Crippen LogP contribution in [0.25, 0.3) is 0 Å². The maximum Gasteiger partial charge on any atom is 0.251 e. The molecule has 0 aliphatic carbocycles. The van der Waals surface area contributed by atoms with E-state index < -0.39 is 11.9 Å². The summed E-state index contributed by atoms with van der Waals surface area (Å²) in [6.07, 6.45) is 2.02. The minimum atomic E-state index is -0.632. The number of hydrogen-bond donors (Lipinski definition) is 0. The van der Waals surface area contributed by atoms with E-state index in [1.54, 1.807) is 24.1 Å². The molecule has 0 bridgehead atoms. The molecule has 0 heterocycles. The van der Waals surface area contributed by atoms with Crippen molar-refractivity contribution < 1.29 is 18.3 Å². The number of nitrogens with zero attached hydrogens (tertiary/aromatic N) is 2. The third-order valence-electron chi connectivity index (χ3n) is 3.77. The summed E-state index contributed by atoms with van der Waals surface area (Å²) >= 11 is -0.158. The fraction of sp³-hybridized carbons (Fsp3) is 0.500. The monoisotopic (exact) mass is 370 g/mol. The van der Waals surface area contributed by atoms with Gasteiger partial charge in [-0.3, -0.25) is 18.8 Å². The number of aryl methyl sites for hydroxylation is 1. The van der Waals surface area contributed by atoms with Crippen molar-refractivity contribution in [1.29, 1.82) is 0 Å².